The highest BCUT2D eigenvalue weighted by Crippen LogP contribution is 2.23. The molecule has 1 amide bonds. The number of hydrogen-bond acceptors (Lipinski definition) is 3. The van der Waals surface area contributed by atoms with Gasteiger partial charge in [-0.1, -0.05) is 42.5 Å². The summed E-state index contributed by atoms with van der Waals surface area (Å²) in [5, 5.41) is 0. The van der Waals surface area contributed by atoms with E-state index in [0.717, 1.165) is 29.7 Å². The van der Waals surface area contributed by atoms with Gasteiger partial charge in [-0.15, -0.1) is 0 Å². The Kier molecular flexibility index (Phi) is 5.92. The van der Waals surface area contributed by atoms with Crippen molar-refractivity contribution in [3.05, 3.63) is 71.3 Å². The summed E-state index contributed by atoms with van der Waals surface area (Å²) >= 11 is 1.75. The third kappa shape index (κ3) is 4.31. The predicted octanol–water partition coefficient (Wildman–Crippen LogP) is 4.28. The van der Waals surface area contributed by atoms with Crippen molar-refractivity contribution in [1.29, 1.82) is 0 Å². The van der Waals surface area contributed by atoms with Crippen LogP contribution in [-0.2, 0) is 5.75 Å². The van der Waals surface area contributed by atoms with E-state index in [4.69, 9.17) is 0 Å². The average molecular weight is 353 g/mol. The first-order valence-corrected chi connectivity index (χ1v) is 10.0. The van der Waals surface area contributed by atoms with E-state index in [2.05, 4.69) is 12.3 Å². The summed E-state index contributed by atoms with van der Waals surface area (Å²) in [5.74, 6) is 1.21. The van der Waals surface area contributed by atoms with Crippen LogP contribution in [0.15, 0.2) is 54.6 Å². The van der Waals surface area contributed by atoms with E-state index in [1.54, 1.807) is 11.8 Å². The van der Waals surface area contributed by atoms with Gasteiger partial charge in [-0.2, -0.15) is 11.8 Å². The number of amides is 1. The molecule has 0 aromatic heterocycles. The number of thioether (sulfide) groups is 1. The number of nitrogens with zero attached hydrogens (tertiary/aromatic N) is 1. The van der Waals surface area contributed by atoms with Gasteiger partial charge in [0.05, 0.1) is 0 Å². The molecule has 2 aromatic carbocycles. The molecule has 3 nitrogen and oxygen atoms in total. The van der Waals surface area contributed by atoms with Crippen LogP contribution in [0.1, 0.15) is 39.1 Å². The van der Waals surface area contributed by atoms with E-state index in [1.165, 1.54) is 5.56 Å². The summed E-state index contributed by atoms with van der Waals surface area (Å²) < 4.78 is 0. The number of carbonyl (C=O) groups is 2. The molecule has 25 heavy (non-hydrogen) atoms. The molecule has 0 bridgehead atoms. The Morgan fingerprint density at radius 1 is 1.00 bits per heavy atom. The van der Waals surface area contributed by atoms with E-state index in [0.29, 0.717) is 13.1 Å². The monoisotopic (exact) mass is 353 g/mol. The maximum atomic E-state index is 12.7. The SMILES string of the molecule is CSCc1cccc(C(=O)N2CCC(C(=O)c3ccccc3)CC2)c1. The summed E-state index contributed by atoms with van der Waals surface area (Å²) in [6, 6.07) is 17.3. The van der Waals surface area contributed by atoms with Gasteiger partial charge in [0.1, 0.15) is 0 Å². The minimum Gasteiger partial charge on any atom is -0.339 e. The molecule has 4 heteroatoms. The van der Waals surface area contributed by atoms with E-state index in [9.17, 15) is 9.59 Å². The Bertz CT molecular complexity index is 737. The lowest BCUT2D eigenvalue weighted by molar-refractivity contribution is 0.0650. The van der Waals surface area contributed by atoms with E-state index >= 15 is 0 Å². The smallest absolute Gasteiger partial charge is 0.253 e. The largest absolute Gasteiger partial charge is 0.339 e. The number of piperidine rings is 1. The summed E-state index contributed by atoms with van der Waals surface area (Å²) in [6.45, 7) is 1.30. The predicted molar refractivity (Wildman–Crippen MR) is 103 cm³/mol. The van der Waals surface area contributed by atoms with Crippen LogP contribution in [0.3, 0.4) is 0 Å². The van der Waals surface area contributed by atoms with Gasteiger partial charge >= 0.3 is 0 Å². The molecule has 0 unspecified atom stereocenters. The zero-order valence-electron chi connectivity index (χ0n) is 14.5. The molecule has 1 heterocycles. The quantitative estimate of drug-likeness (QED) is 0.753. The first kappa shape index (κ1) is 17.7. The average Bonchev–Trinajstić information content (AvgIpc) is 2.68. The number of likely N-dealkylation sites (tertiary alicyclic amines) is 1. The van der Waals surface area contributed by atoms with Crippen molar-refractivity contribution in [2.45, 2.75) is 18.6 Å². The van der Waals surface area contributed by atoms with Crippen LogP contribution in [0, 0.1) is 5.92 Å². The molecule has 0 N–H and O–H groups in total. The van der Waals surface area contributed by atoms with E-state index in [1.807, 2.05) is 53.4 Å². The molecule has 1 aliphatic heterocycles. The fourth-order valence-electron chi connectivity index (χ4n) is 3.33. The van der Waals surface area contributed by atoms with Gasteiger partial charge in [0.15, 0.2) is 5.78 Å². The lowest BCUT2D eigenvalue weighted by Crippen LogP contribution is -2.40. The van der Waals surface area contributed by atoms with Gasteiger partial charge in [0.2, 0.25) is 0 Å². The number of ketones is 1. The van der Waals surface area contributed by atoms with Crippen LogP contribution in [0.25, 0.3) is 0 Å². The molecule has 0 atom stereocenters. The fraction of sp³-hybridized carbons (Fsp3) is 0.333. The van der Waals surface area contributed by atoms with Crippen molar-refractivity contribution >= 4 is 23.5 Å². The molecule has 2 aromatic rings. The summed E-state index contributed by atoms with van der Waals surface area (Å²) in [5.41, 5.74) is 2.70. The Balaban J connectivity index is 1.61. The van der Waals surface area contributed by atoms with Crippen molar-refractivity contribution in [3.8, 4) is 0 Å². The van der Waals surface area contributed by atoms with Gasteiger partial charge in [0.25, 0.3) is 5.91 Å². The highest BCUT2D eigenvalue weighted by Gasteiger charge is 2.28. The lowest BCUT2D eigenvalue weighted by atomic mass is 9.88. The Hall–Kier alpha value is -2.07. The molecule has 3 rings (SSSR count). The molecule has 0 spiro atoms. The van der Waals surface area contributed by atoms with Crippen molar-refractivity contribution < 1.29 is 9.59 Å². The fourth-order valence-corrected chi connectivity index (χ4v) is 3.84. The standard InChI is InChI=1S/C21H23NO2S/c1-25-15-16-6-5-9-19(14-16)21(24)22-12-10-18(11-13-22)20(23)17-7-3-2-4-8-17/h2-9,14,18H,10-13,15H2,1H3. The van der Waals surface area contributed by atoms with Crippen LogP contribution in [0.4, 0.5) is 0 Å². The molecule has 0 radical (unpaired) electrons. The Morgan fingerprint density at radius 3 is 2.36 bits per heavy atom. The molecule has 0 aliphatic carbocycles. The van der Waals surface area contributed by atoms with Crippen LogP contribution in [0.5, 0.6) is 0 Å². The topological polar surface area (TPSA) is 37.4 Å². The van der Waals surface area contributed by atoms with Crippen molar-refractivity contribution in [3.63, 3.8) is 0 Å². The number of carbonyl (C=O) groups excluding carboxylic acids is 2. The zero-order valence-corrected chi connectivity index (χ0v) is 15.3. The second-order valence-electron chi connectivity index (χ2n) is 6.43. The van der Waals surface area contributed by atoms with Crippen molar-refractivity contribution in [2.24, 2.45) is 5.92 Å². The third-order valence-corrected chi connectivity index (χ3v) is 5.32. The normalized spacial score (nSPS) is 15.2. The van der Waals surface area contributed by atoms with Gasteiger partial charge in [-0.3, -0.25) is 9.59 Å². The molecule has 1 fully saturated rings. The number of hydrogen-bond donors (Lipinski definition) is 0. The Labute approximate surface area is 153 Å². The molecule has 1 saturated heterocycles. The second kappa shape index (κ2) is 8.34. The van der Waals surface area contributed by atoms with Crippen LogP contribution >= 0.6 is 11.8 Å². The second-order valence-corrected chi connectivity index (χ2v) is 7.30. The van der Waals surface area contributed by atoms with Crippen molar-refractivity contribution in [2.75, 3.05) is 19.3 Å². The maximum Gasteiger partial charge on any atom is 0.253 e. The maximum absolute atomic E-state index is 12.7. The van der Waals surface area contributed by atoms with E-state index < -0.39 is 0 Å². The first-order chi connectivity index (χ1) is 12.2. The number of rotatable bonds is 5. The molecule has 1 aliphatic rings. The lowest BCUT2D eigenvalue weighted by Gasteiger charge is -2.31. The highest BCUT2D eigenvalue weighted by atomic mass is 32.2. The number of benzene rings is 2. The van der Waals surface area contributed by atoms with Crippen LogP contribution < -0.4 is 0 Å². The van der Waals surface area contributed by atoms with Gasteiger partial charge in [-0.05, 0) is 36.8 Å². The van der Waals surface area contributed by atoms with Crippen molar-refractivity contribution in [1.82, 2.24) is 4.90 Å². The first-order valence-electron chi connectivity index (χ1n) is 8.65. The van der Waals surface area contributed by atoms with Crippen LogP contribution in [0.2, 0.25) is 0 Å². The highest BCUT2D eigenvalue weighted by molar-refractivity contribution is 7.97. The molecule has 130 valence electrons. The molecule has 0 saturated carbocycles. The molecular weight excluding hydrogens is 330 g/mol. The van der Waals surface area contributed by atoms with Gasteiger partial charge in [0, 0.05) is 35.9 Å². The van der Waals surface area contributed by atoms with Crippen LogP contribution in [-0.4, -0.2) is 35.9 Å². The van der Waals surface area contributed by atoms with Gasteiger partial charge in [-0.25, -0.2) is 0 Å². The summed E-state index contributed by atoms with van der Waals surface area (Å²) in [4.78, 5) is 27.2. The minimum absolute atomic E-state index is 0.0225. The number of Topliss-reactive ketones (excluding diaryl/α,β-unsaturated/α-hetero) is 1. The zero-order chi connectivity index (χ0) is 17.6. The molecular formula is C21H23NO2S. The minimum atomic E-state index is 0.0225. The Morgan fingerprint density at radius 2 is 1.68 bits per heavy atom. The summed E-state index contributed by atoms with van der Waals surface area (Å²) in [7, 11) is 0. The summed E-state index contributed by atoms with van der Waals surface area (Å²) in [6.07, 6.45) is 3.54. The van der Waals surface area contributed by atoms with E-state index in [-0.39, 0.29) is 17.6 Å². The van der Waals surface area contributed by atoms with Gasteiger partial charge < -0.3 is 4.90 Å². The third-order valence-electron chi connectivity index (χ3n) is 4.70.